The molecular weight excluding hydrogens is 402 g/mol. The zero-order valence-corrected chi connectivity index (χ0v) is 16.6. The van der Waals surface area contributed by atoms with Crippen LogP contribution in [0.2, 0.25) is 0 Å². The van der Waals surface area contributed by atoms with Gasteiger partial charge in [-0.05, 0) is 48.4 Å². The lowest BCUT2D eigenvalue weighted by Crippen LogP contribution is -2.50. The number of nitrogens with zero attached hydrogens (tertiary/aromatic N) is 2. The number of carbonyl (C=O) groups excluding carboxylic acids is 2. The number of allylic oxidation sites excluding steroid dienone is 4. The van der Waals surface area contributed by atoms with Crippen molar-refractivity contribution >= 4 is 17.5 Å². The topological polar surface area (TPSA) is 94.3 Å². The van der Waals surface area contributed by atoms with Crippen molar-refractivity contribution in [3.8, 4) is 6.07 Å². The number of nitriles is 1. The second kappa shape index (κ2) is 7.50. The van der Waals surface area contributed by atoms with E-state index in [-0.39, 0.29) is 24.1 Å². The van der Waals surface area contributed by atoms with Gasteiger partial charge in [0.15, 0.2) is 11.7 Å². The van der Waals surface area contributed by atoms with Crippen LogP contribution in [0.5, 0.6) is 0 Å². The highest BCUT2D eigenvalue weighted by molar-refractivity contribution is 6.17. The maximum absolute atomic E-state index is 14.1. The fourth-order valence-corrected chi connectivity index (χ4v) is 5.11. The van der Waals surface area contributed by atoms with Crippen LogP contribution in [0, 0.1) is 17.2 Å². The van der Waals surface area contributed by atoms with E-state index < -0.39 is 29.5 Å². The first-order chi connectivity index (χ1) is 14.9. The lowest BCUT2D eigenvalue weighted by atomic mass is 9.83. The standard InChI is InChI=1S/C23H20F2N4O2/c24-18-6-5-16-15-4-1-11(8-17(15)22(30)29-21(16)19(18)25)7-14(10-26)28-23(31)20-12-2-3-13(9-12)27-20/h1,4-6,8,12-14,16,20,27H,2-3,7,9H2,(H,28,31)/t12-,13+,14?,16?,20-/m0/s1. The summed E-state index contributed by atoms with van der Waals surface area (Å²) >= 11 is 0. The monoisotopic (exact) mass is 422 g/mol. The highest BCUT2D eigenvalue weighted by Gasteiger charge is 2.43. The first-order valence-corrected chi connectivity index (χ1v) is 10.4. The van der Waals surface area contributed by atoms with Crippen molar-refractivity contribution in [2.45, 2.75) is 49.7 Å². The molecule has 0 spiro atoms. The van der Waals surface area contributed by atoms with Crippen LogP contribution < -0.4 is 10.6 Å². The highest BCUT2D eigenvalue weighted by Crippen LogP contribution is 2.37. The van der Waals surface area contributed by atoms with Gasteiger partial charge in [0.1, 0.15) is 6.04 Å². The molecule has 1 saturated carbocycles. The summed E-state index contributed by atoms with van der Waals surface area (Å²) < 4.78 is 27.6. The summed E-state index contributed by atoms with van der Waals surface area (Å²) in [6.45, 7) is 0. The fraction of sp³-hybridized carbons (Fsp3) is 0.391. The number of carbonyl (C=O) groups is 2. The van der Waals surface area contributed by atoms with E-state index in [1.807, 2.05) is 0 Å². The predicted octanol–water partition coefficient (Wildman–Crippen LogP) is 2.78. The summed E-state index contributed by atoms with van der Waals surface area (Å²) in [5, 5.41) is 15.7. The van der Waals surface area contributed by atoms with Gasteiger partial charge in [-0.25, -0.2) is 13.8 Å². The highest BCUT2D eigenvalue weighted by atomic mass is 19.2. The quantitative estimate of drug-likeness (QED) is 0.780. The molecule has 1 aromatic rings. The van der Waals surface area contributed by atoms with E-state index in [1.165, 1.54) is 6.08 Å². The summed E-state index contributed by atoms with van der Waals surface area (Å²) in [4.78, 5) is 28.8. The molecule has 0 aromatic heterocycles. The van der Waals surface area contributed by atoms with Crippen molar-refractivity contribution in [1.29, 1.82) is 5.26 Å². The van der Waals surface area contributed by atoms with Crippen molar-refractivity contribution in [1.82, 2.24) is 10.6 Å². The van der Waals surface area contributed by atoms with Crippen molar-refractivity contribution < 1.29 is 18.4 Å². The molecule has 5 rings (SSSR count). The molecule has 2 unspecified atom stereocenters. The zero-order valence-electron chi connectivity index (χ0n) is 16.6. The molecule has 2 N–H and O–H groups in total. The Balaban J connectivity index is 1.32. The van der Waals surface area contributed by atoms with Gasteiger partial charge in [-0.15, -0.1) is 0 Å². The van der Waals surface area contributed by atoms with Crippen LogP contribution in [0.25, 0.3) is 0 Å². The number of benzene rings is 1. The third kappa shape index (κ3) is 3.39. The van der Waals surface area contributed by atoms with Crippen LogP contribution in [0.1, 0.15) is 46.7 Å². The lowest BCUT2D eigenvalue weighted by Gasteiger charge is -2.25. The van der Waals surface area contributed by atoms with Crippen LogP contribution >= 0.6 is 0 Å². The van der Waals surface area contributed by atoms with Gasteiger partial charge < -0.3 is 10.6 Å². The molecule has 2 bridgehead atoms. The van der Waals surface area contributed by atoms with Crippen LogP contribution in [0.3, 0.4) is 0 Å². The van der Waals surface area contributed by atoms with Gasteiger partial charge in [0.2, 0.25) is 5.91 Å². The number of hydrogen-bond acceptors (Lipinski definition) is 4. The van der Waals surface area contributed by atoms with Gasteiger partial charge in [-0.2, -0.15) is 5.26 Å². The molecule has 2 fully saturated rings. The Morgan fingerprint density at radius 2 is 2.19 bits per heavy atom. The minimum absolute atomic E-state index is 0.168. The van der Waals surface area contributed by atoms with Crippen LogP contribution in [-0.2, 0) is 11.2 Å². The van der Waals surface area contributed by atoms with Crippen LogP contribution in [0.4, 0.5) is 8.78 Å². The maximum Gasteiger partial charge on any atom is 0.277 e. The average Bonchev–Trinajstić information content (AvgIpc) is 3.40. The molecule has 6 nitrogen and oxygen atoms in total. The van der Waals surface area contributed by atoms with Crippen molar-refractivity contribution in [2.24, 2.45) is 10.9 Å². The molecule has 0 radical (unpaired) electrons. The molecule has 8 heteroatoms. The third-order valence-corrected chi connectivity index (χ3v) is 6.62. The van der Waals surface area contributed by atoms with Gasteiger partial charge in [0.25, 0.3) is 5.91 Å². The second-order valence-electron chi connectivity index (χ2n) is 8.53. The summed E-state index contributed by atoms with van der Waals surface area (Å²) in [5.74, 6) is -3.28. The van der Waals surface area contributed by atoms with Gasteiger partial charge in [-0.1, -0.05) is 18.2 Å². The minimum Gasteiger partial charge on any atom is -0.339 e. The summed E-state index contributed by atoms with van der Waals surface area (Å²) in [7, 11) is 0. The Kier molecular flexibility index (Phi) is 4.78. The molecule has 2 heterocycles. The van der Waals surface area contributed by atoms with E-state index in [0.29, 0.717) is 28.7 Å². The second-order valence-corrected chi connectivity index (χ2v) is 8.53. The van der Waals surface area contributed by atoms with Gasteiger partial charge >= 0.3 is 0 Å². The summed E-state index contributed by atoms with van der Waals surface area (Å²) in [6.07, 6.45) is 5.85. The average molecular weight is 422 g/mol. The Hall–Kier alpha value is -3.18. The van der Waals surface area contributed by atoms with Gasteiger partial charge in [-0.3, -0.25) is 9.59 Å². The number of aliphatic imine (C=N–C) groups is 1. The zero-order chi connectivity index (χ0) is 21.7. The van der Waals surface area contributed by atoms with E-state index in [2.05, 4.69) is 21.7 Å². The maximum atomic E-state index is 14.1. The molecule has 1 saturated heterocycles. The molecule has 5 atom stereocenters. The Labute approximate surface area is 177 Å². The Morgan fingerprint density at radius 1 is 1.35 bits per heavy atom. The summed E-state index contributed by atoms with van der Waals surface area (Å²) in [6, 6.07) is 6.54. The first kappa shape index (κ1) is 19.8. The number of fused-ring (bicyclic) bond motifs is 5. The number of halogens is 2. The van der Waals surface area contributed by atoms with Gasteiger partial charge in [0, 0.05) is 23.9 Å². The van der Waals surface area contributed by atoms with Crippen molar-refractivity contribution in [3.63, 3.8) is 0 Å². The third-order valence-electron chi connectivity index (χ3n) is 6.62. The minimum atomic E-state index is -1.11. The Morgan fingerprint density at radius 3 is 2.90 bits per heavy atom. The molecule has 2 amide bonds. The molecule has 4 aliphatic rings. The van der Waals surface area contributed by atoms with E-state index in [9.17, 15) is 23.6 Å². The number of rotatable bonds is 4. The smallest absolute Gasteiger partial charge is 0.277 e. The van der Waals surface area contributed by atoms with Crippen LogP contribution in [-0.4, -0.2) is 35.7 Å². The van der Waals surface area contributed by atoms with E-state index in [4.69, 9.17) is 0 Å². The van der Waals surface area contributed by atoms with Crippen molar-refractivity contribution in [3.05, 3.63) is 58.7 Å². The first-order valence-electron chi connectivity index (χ1n) is 10.4. The molecular formula is C23H20F2N4O2. The number of nitrogens with one attached hydrogen (secondary N) is 2. The molecule has 2 aliphatic heterocycles. The van der Waals surface area contributed by atoms with Crippen LogP contribution in [0.15, 0.2) is 47.0 Å². The molecule has 1 aromatic carbocycles. The molecule has 31 heavy (non-hydrogen) atoms. The number of hydrogen-bond donors (Lipinski definition) is 2. The molecule has 2 aliphatic carbocycles. The van der Waals surface area contributed by atoms with E-state index >= 15 is 0 Å². The van der Waals surface area contributed by atoms with E-state index in [1.54, 1.807) is 18.2 Å². The molecule has 158 valence electrons. The van der Waals surface area contributed by atoms with E-state index in [0.717, 1.165) is 25.3 Å². The van der Waals surface area contributed by atoms with Gasteiger partial charge in [0.05, 0.1) is 17.8 Å². The summed E-state index contributed by atoms with van der Waals surface area (Å²) in [5.41, 5.74) is 1.30. The van der Waals surface area contributed by atoms with Crippen molar-refractivity contribution in [2.75, 3.05) is 0 Å². The predicted molar refractivity (Wildman–Crippen MR) is 109 cm³/mol. The normalized spacial score (nSPS) is 29.2. The number of piperidine rings is 1. The fourth-order valence-electron chi connectivity index (χ4n) is 5.11. The number of amides is 2. The lowest BCUT2D eigenvalue weighted by molar-refractivity contribution is -0.124. The largest absolute Gasteiger partial charge is 0.339 e. The Bertz CT molecular complexity index is 1120. The SMILES string of the molecule is N#CC(Cc1ccc2c(c1)C(=O)N=C1C(F)=C(F)C=CC12)NC(=O)[C@H]1N[C@@H]2CC[C@H]1C2.